The van der Waals surface area contributed by atoms with Gasteiger partial charge in [0.15, 0.2) is 0 Å². The zero-order valence-electron chi connectivity index (χ0n) is 12.0. The molecule has 0 aliphatic heterocycles. The number of anilines is 1. The van der Waals surface area contributed by atoms with Crippen LogP contribution in [0.25, 0.3) is 11.1 Å². The molecule has 0 spiro atoms. The van der Waals surface area contributed by atoms with Gasteiger partial charge in [-0.05, 0) is 23.8 Å². The summed E-state index contributed by atoms with van der Waals surface area (Å²) in [6, 6.07) is 17.9. The highest BCUT2D eigenvalue weighted by atomic mass is 35.5. The van der Waals surface area contributed by atoms with Crippen LogP contribution in [0.15, 0.2) is 71.7 Å². The number of para-hydroxylation sites is 1. The van der Waals surface area contributed by atoms with Gasteiger partial charge in [-0.15, -0.1) is 0 Å². The Labute approximate surface area is 137 Å². The van der Waals surface area contributed by atoms with E-state index in [1.54, 1.807) is 30.3 Å². The number of rotatable bonds is 3. The zero-order valence-corrected chi connectivity index (χ0v) is 12.8. The minimum atomic E-state index is -0.501. The highest BCUT2D eigenvalue weighted by molar-refractivity contribution is 6.34. The third-order valence-electron chi connectivity index (χ3n) is 3.39. The van der Waals surface area contributed by atoms with Gasteiger partial charge in [0, 0.05) is 11.8 Å². The minimum absolute atomic E-state index is 0.0543. The first-order valence-corrected chi connectivity index (χ1v) is 7.37. The topological polar surface area (TPSA) is 62.0 Å². The number of H-pyrrole nitrogens is 1. The van der Waals surface area contributed by atoms with Gasteiger partial charge in [0.1, 0.15) is 5.56 Å². The number of benzene rings is 2. The van der Waals surface area contributed by atoms with Gasteiger partial charge in [-0.3, -0.25) is 9.59 Å². The molecule has 0 atom stereocenters. The van der Waals surface area contributed by atoms with Crippen LogP contribution in [0.2, 0.25) is 5.02 Å². The Hall–Kier alpha value is -2.85. The van der Waals surface area contributed by atoms with E-state index in [4.69, 9.17) is 11.6 Å². The number of nitrogens with one attached hydrogen (secondary N) is 2. The molecule has 1 amide bonds. The van der Waals surface area contributed by atoms with E-state index in [9.17, 15) is 9.59 Å². The molecule has 4 nitrogen and oxygen atoms in total. The molecule has 0 aliphatic carbocycles. The SMILES string of the molecule is O=C(Nc1ccccc1Cl)c1c(-c2ccccc2)cc[nH]c1=O. The van der Waals surface area contributed by atoms with Crippen molar-refractivity contribution in [1.29, 1.82) is 0 Å². The van der Waals surface area contributed by atoms with Crippen molar-refractivity contribution < 1.29 is 4.79 Å². The van der Waals surface area contributed by atoms with Crippen LogP contribution in [0.3, 0.4) is 0 Å². The lowest BCUT2D eigenvalue weighted by Crippen LogP contribution is -2.24. The molecule has 0 aliphatic rings. The summed E-state index contributed by atoms with van der Waals surface area (Å²) in [5, 5.41) is 3.10. The predicted octanol–water partition coefficient (Wildman–Crippen LogP) is 3.95. The second-order valence-electron chi connectivity index (χ2n) is 4.90. The van der Waals surface area contributed by atoms with Gasteiger partial charge in [-0.1, -0.05) is 54.1 Å². The van der Waals surface area contributed by atoms with Crippen LogP contribution in [0.4, 0.5) is 5.69 Å². The van der Waals surface area contributed by atoms with Crippen LogP contribution in [0.5, 0.6) is 0 Å². The molecule has 2 N–H and O–H groups in total. The Balaban J connectivity index is 2.04. The number of aromatic amines is 1. The number of halogens is 1. The molecule has 2 aromatic carbocycles. The average molecular weight is 325 g/mol. The van der Waals surface area contributed by atoms with Gasteiger partial charge < -0.3 is 10.3 Å². The zero-order chi connectivity index (χ0) is 16.2. The Morgan fingerprint density at radius 1 is 0.957 bits per heavy atom. The van der Waals surface area contributed by atoms with Gasteiger partial charge in [0.05, 0.1) is 10.7 Å². The molecule has 3 aromatic rings. The van der Waals surface area contributed by atoms with E-state index in [0.29, 0.717) is 16.3 Å². The largest absolute Gasteiger partial charge is 0.328 e. The molecule has 3 rings (SSSR count). The number of aromatic nitrogens is 1. The van der Waals surface area contributed by atoms with Gasteiger partial charge in [-0.25, -0.2) is 0 Å². The maximum atomic E-state index is 12.6. The number of pyridine rings is 1. The van der Waals surface area contributed by atoms with E-state index in [-0.39, 0.29) is 5.56 Å². The fraction of sp³-hybridized carbons (Fsp3) is 0. The molecule has 0 saturated heterocycles. The molecule has 0 unspecified atom stereocenters. The second-order valence-corrected chi connectivity index (χ2v) is 5.30. The summed E-state index contributed by atoms with van der Waals surface area (Å²) in [6.07, 6.45) is 1.52. The molecule has 0 radical (unpaired) electrons. The van der Waals surface area contributed by atoms with Crippen LogP contribution in [0, 0.1) is 0 Å². The summed E-state index contributed by atoms with van der Waals surface area (Å²) in [5.74, 6) is -0.501. The number of hydrogen-bond donors (Lipinski definition) is 2. The standard InChI is InChI=1S/C18H13ClN2O2/c19-14-8-4-5-9-15(14)21-18(23)16-13(10-11-20-17(16)22)12-6-2-1-3-7-12/h1-11H,(H,20,22)(H,21,23). The second kappa shape index (κ2) is 6.50. The molecule has 0 saturated carbocycles. The van der Waals surface area contributed by atoms with Gasteiger partial charge >= 0.3 is 0 Å². The first kappa shape index (κ1) is 15.1. The smallest absolute Gasteiger partial charge is 0.261 e. The summed E-state index contributed by atoms with van der Waals surface area (Å²) in [4.78, 5) is 27.3. The lowest BCUT2D eigenvalue weighted by atomic mass is 10.0. The fourth-order valence-electron chi connectivity index (χ4n) is 2.31. The Morgan fingerprint density at radius 2 is 1.65 bits per heavy atom. The van der Waals surface area contributed by atoms with E-state index in [0.717, 1.165) is 5.56 Å². The highest BCUT2D eigenvalue weighted by Crippen LogP contribution is 2.24. The van der Waals surface area contributed by atoms with Gasteiger partial charge in [0.25, 0.3) is 11.5 Å². The maximum Gasteiger partial charge on any atom is 0.261 e. The van der Waals surface area contributed by atoms with Crippen molar-refractivity contribution in [2.24, 2.45) is 0 Å². The number of amides is 1. The van der Waals surface area contributed by atoms with Crippen LogP contribution in [-0.2, 0) is 0 Å². The van der Waals surface area contributed by atoms with Crippen molar-refractivity contribution in [2.45, 2.75) is 0 Å². The summed E-state index contributed by atoms with van der Waals surface area (Å²) < 4.78 is 0. The van der Waals surface area contributed by atoms with Crippen molar-refractivity contribution in [3.63, 3.8) is 0 Å². The number of carbonyl (C=O) groups excluding carboxylic acids is 1. The lowest BCUT2D eigenvalue weighted by molar-refractivity contribution is 0.102. The van der Waals surface area contributed by atoms with Crippen molar-refractivity contribution in [3.8, 4) is 11.1 Å². The minimum Gasteiger partial charge on any atom is -0.328 e. The molecule has 114 valence electrons. The van der Waals surface area contributed by atoms with Crippen LogP contribution >= 0.6 is 11.6 Å². The van der Waals surface area contributed by atoms with Crippen molar-refractivity contribution >= 4 is 23.2 Å². The third-order valence-corrected chi connectivity index (χ3v) is 3.72. The summed E-state index contributed by atoms with van der Waals surface area (Å²) in [7, 11) is 0. The maximum absolute atomic E-state index is 12.6. The average Bonchev–Trinajstić information content (AvgIpc) is 2.57. The van der Waals surface area contributed by atoms with Crippen molar-refractivity contribution in [3.05, 3.63) is 87.8 Å². The lowest BCUT2D eigenvalue weighted by Gasteiger charge is -2.10. The van der Waals surface area contributed by atoms with E-state index < -0.39 is 11.5 Å². The molecule has 1 heterocycles. The summed E-state index contributed by atoms with van der Waals surface area (Å²) in [6.45, 7) is 0. The third kappa shape index (κ3) is 3.17. The van der Waals surface area contributed by atoms with Gasteiger partial charge in [0.2, 0.25) is 0 Å². The summed E-state index contributed by atoms with van der Waals surface area (Å²) >= 11 is 6.05. The first-order chi connectivity index (χ1) is 11.2. The number of carbonyl (C=O) groups is 1. The Morgan fingerprint density at radius 3 is 2.39 bits per heavy atom. The van der Waals surface area contributed by atoms with E-state index in [2.05, 4.69) is 10.3 Å². The molecule has 5 heteroatoms. The molecule has 0 bridgehead atoms. The Bertz CT molecular complexity index is 904. The summed E-state index contributed by atoms with van der Waals surface area (Å²) in [5.41, 5.74) is 1.43. The van der Waals surface area contributed by atoms with E-state index in [1.165, 1.54) is 6.20 Å². The van der Waals surface area contributed by atoms with E-state index >= 15 is 0 Å². The fourth-order valence-corrected chi connectivity index (χ4v) is 2.49. The van der Waals surface area contributed by atoms with Gasteiger partial charge in [-0.2, -0.15) is 0 Å². The molecular formula is C18H13ClN2O2. The van der Waals surface area contributed by atoms with Crippen LogP contribution < -0.4 is 10.9 Å². The van der Waals surface area contributed by atoms with E-state index in [1.807, 2.05) is 30.3 Å². The predicted molar refractivity (Wildman–Crippen MR) is 91.9 cm³/mol. The molecule has 1 aromatic heterocycles. The van der Waals surface area contributed by atoms with Crippen molar-refractivity contribution in [2.75, 3.05) is 5.32 Å². The van der Waals surface area contributed by atoms with Crippen LogP contribution in [0.1, 0.15) is 10.4 Å². The quantitative estimate of drug-likeness (QED) is 0.766. The monoisotopic (exact) mass is 324 g/mol. The van der Waals surface area contributed by atoms with Crippen LogP contribution in [-0.4, -0.2) is 10.9 Å². The molecular weight excluding hydrogens is 312 g/mol. The van der Waals surface area contributed by atoms with Crippen molar-refractivity contribution in [1.82, 2.24) is 4.98 Å². The normalized spacial score (nSPS) is 10.3. The first-order valence-electron chi connectivity index (χ1n) is 7.00. The Kier molecular flexibility index (Phi) is 4.26. The number of hydrogen-bond acceptors (Lipinski definition) is 2. The highest BCUT2D eigenvalue weighted by Gasteiger charge is 2.17. The molecule has 0 fully saturated rings. The molecule has 23 heavy (non-hydrogen) atoms.